The van der Waals surface area contributed by atoms with Gasteiger partial charge in [0.1, 0.15) is 40.5 Å². The maximum Gasteiger partial charge on any atom is 0.433 e. The van der Waals surface area contributed by atoms with Gasteiger partial charge in [-0.3, -0.25) is 10.1 Å². The van der Waals surface area contributed by atoms with Crippen LogP contribution in [0.2, 0.25) is 5.02 Å². The fourth-order valence-corrected chi connectivity index (χ4v) is 4.05. The molecule has 37 heavy (non-hydrogen) atoms. The minimum absolute atomic E-state index is 0.178. The molecule has 3 rings (SSSR count). The summed E-state index contributed by atoms with van der Waals surface area (Å²) in [6, 6.07) is 12.8. The number of halogens is 1. The highest BCUT2D eigenvalue weighted by atomic mass is 35.5. The topological polar surface area (TPSA) is 123 Å². The second-order valence-electron chi connectivity index (χ2n) is 9.72. The molecule has 0 atom stereocenters. The molecule has 0 aliphatic heterocycles. The summed E-state index contributed by atoms with van der Waals surface area (Å²) in [5.41, 5.74) is 3.01. The van der Waals surface area contributed by atoms with Crippen molar-refractivity contribution in [3.63, 3.8) is 0 Å². The van der Waals surface area contributed by atoms with E-state index in [2.05, 4.69) is 13.8 Å². The third kappa shape index (κ3) is 9.47. The lowest BCUT2D eigenvalue weighted by atomic mass is 10.0. The number of hydrogen-bond acceptors (Lipinski definition) is 7. The van der Waals surface area contributed by atoms with Gasteiger partial charge >= 0.3 is 5.88 Å². The highest BCUT2D eigenvalue weighted by Gasteiger charge is 2.21. The van der Waals surface area contributed by atoms with Crippen LogP contribution in [0.4, 0.5) is 5.88 Å². The zero-order chi connectivity index (χ0) is 28.0. The smallest absolute Gasteiger partial charge is 0.433 e. The summed E-state index contributed by atoms with van der Waals surface area (Å²) >= 11 is 6.23. The van der Waals surface area contributed by atoms with Crippen molar-refractivity contribution in [1.82, 2.24) is 0 Å². The van der Waals surface area contributed by atoms with Crippen LogP contribution in [0.25, 0.3) is 0 Å². The third-order valence-electron chi connectivity index (χ3n) is 5.59. The standard InChI is InChI=1S/C19H26ClN2O4.C7H8O3S/c1-13(2)16-11-17(20)14(3)10-18(16)25-9-8-22(4,5)12-15-6-7-19(26-15)21(23)24;1-6-2-4-7(5-3-6)11(8,9)10/h6-7,10-11,13H,8-9,12H2,1-5H3;2-5H,1H3,(H,8,9,10)/q+1;/p-1. The Bertz CT molecular complexity index is 1320. The van der Waals surface area contributed by atoms with Gasteiger partial charge in [-0.2, -0.15) is 0 Å². The first kappa shape index (κ1) is 30.3. The van der Waals surface area contributed by atoms with Gasteiger partial charge in [0.2, 0.25) is 0 Å². The minimum atomic E-state index is -4.27. The summed E-state index contributed by atoms with van der Waals surface area (Å²) < 4.78 is 43.1. The van der Waals surface area contributed by atoms with Gasteiger partial charge in [0.25, 0.3) is 0 Å². The molecular formula is C26H33ClN2O7S. The second-order valence-corrected chi connectivity index (χ2v) is 11.5. The molecule has 1 aromatic heterocycles. The zero-order valence-electron chi connectivity index (χ0n) is 21.9. The van der Waals surface area contributed by atoms with Crippen molar-refractivity contribution in [2.24, 2.45) is 0 Å². The van der Waals surface area contributed by atoms with Gasteiger partial charge in [-0.15, -0.1) is 0 Å². The number of furan rings is 1. The molecular weight excluding hydrogens is 520 g/mol. The highest BCUT2D eigenvalue weighted by Crippen LogP contribution is 2.32. The summed E-state index contributed by atoms with van der Waals surface area (Å²) in [6.07, 6.45) is 0. The number of ether oxygens (including phenoxy) is 1. The van der Waals surface area contributed by atoms with Crippen LogP contribution in [0.15, 0.2) is 57.8 Å². The van der Waals surface area contributed by atoms with E-state index in [0.717, 1.165) is 34.0 Å². The number of aryl methyl sites for hydroxylation is 2. The summed E-state index contributed by atoms with van der Waals surface area (Å²) in [7, 11) is -0.198. The van der Waals surface area contributed by atoms with Gasteiger partial charge in [-0.1, -0.05) is 43.1 Å². The van der Waals surface area contributed by atoms with Gasteiger partial charge in [0.05, 0.1) is 25.1 Å². The van der Waals surface area contributed by atoms with Crippen molar-refractivity contribution in [3.05, 3.63) is 86.1 Å². The number of nitro groups is 1. The average molecular weight is 553 g/mol. The molecule has 202 valence electrons. The Balaban J connectivity index is 0.000000364. The van der Waals surface area contributed by atoms with E-state index in [1.807, 2.05) is 40.1 Å². The van der Waals surface area contributed by atoms with Crippen LogP contribution >= 0.6 is 11.6 Å². The number of likely N-dealkylation sites (N-methyl/N-ethyl adjacent to an activating group) is 1. The molecule has 0 amide bonds. The van der Waals surface area contributed by atoms with E-state index >= 15 is 0 Å². The van der Waals surface area contributed by atoms with Crippen LogP contribution in [0.5, 0.6) is 5.75 Å². The zero-order valence-corrected chi connectivity index (χ0v) is 23.4. The van der Waals surface area contributed by atoms with Crippen LogP contribution in [-0.4, -0.2) is 49.6 Å². The van der Waals surface area contributed by atoms with Crippen molar-refractivity contribution in [2.45, 2.75) is 45.1 Å². The normalized spacial score (nSPS) is 11.7. The number of benzene rings is 2. The van der Waals surface area contributed by atoms with E-state index < -0.39 is 15.0 Å². The van der Waals surface area contributed by atoms with Crippen LogP contribution in [-0.2, 0) is 16.7 Å². The Kier molecular flexibility index (Phi) is 10.3. The number of rotatable bonds is 9. The molecule has 0 spiro atoms. The quantitative estimate of drug-likeness (QED) is 0.142. The van der Waals surface area contributed by atoms with Crippen LogP contribution < -0.4 is 4.74 Å². The Morgan fingerprint density at radius 3 is 2.22 bits per heavy atom. The van der Waals surface area contributed by atoms with Crippen molar-refractivity contribution < 1.29 is 31.5 Å². The minimum Gasteiger partial charge on any atom is -0.744 e. The Labute approximate surface area is 223 Å². The summed E-state index contributed by atoms with van der Waals surface area (Å²) in [4.78, 5) is 10.0. The maximum atomic E-state index is 10.7. The van der Waals surface area contributed by atoms with Gasteiger partial charge < -0.3 is 18.2 Å². The number of hydrogen-bond donors (Lipinski definition) is 0. The molecule has 0 unspecified atom stereocenters. The van der Waals surface area contributed by atoms with Crippen molar-refractivity contribution >= 4 is 27.6 Å². The molecule has 0 fully saturated rings. The summed E-state index contributed by atoms with van der Waals surface area (Å²) in [6.45, 7) is 9.80. The van der Waals surface area contributed by atoms with Gasteiger partial charge in [0, 0.05) is 5.02 Å². The molecule has 0 saturated heterocycles. The number of quaternary nitrogens is 1. The molecule has 0 radical (unpaired) electrons. The molecule has 1 heterocycles. The molecule has 0 aliphatic carbocycles. The SMILES string of the molecule is Cc1cc(OCC[N+](C)(C)Cc2ccc([N+](=O)[O-])o2)c(C(C)C)cc1Cl.Cc1ccc(S(=O)(=O)[O-])cc1. The van der Waals surface area contributed by atoms with E-state index in [4.69, 9.17) is 20.8 Å². The first-order chi connectivity index (χ1) is 17.1. The van der Waals surface area contributed by atoms with Crippen LogP contribution in [0, 0.1) is 24.0 Å². The molecule has 0 saturated carbocycles. The first-order valence-corrected chi connectivity index (χ1v) is 13.4. The fourth-order valence-electron chi connectivity index (χ4n) is 3.40. The van der Waals surface area contributed by atoms with Crippen LogP contribution in [0.3, 0.4) is 0 Å². The largest absolute Gasteiger partial charge is 0.744 e. The van der Waals surface area contributed by atoms with E-state index in [9.17, 15) is 23.1 Å². The second kappa shape index (κ2) is 12.6. The highest BCUT2D eigenvalue weighted by molar-refractivity contribution is 7.85. The Hall–Kier alpha value is -2.92. The molecule has 2 aromatic carbocycles. The summed E-state index contributed by atoms with van der Waals surface area (Å²) in [5.74, 6) is 1.53. The van der Waals surface area contributed by atoms with E-state index in [-0.39, 0.29) is 10.8 Å². The molecule has 9 nitrogen and oxygen atoms in total. The van der Waals surface area contributed by atoms with Crippen molar-refractivity contribution in [2.75, 3.05) is 27.2 Å². The lowest BCUT2D eigenvalue weighted by Gasteiger charge is -2.29. The first-order valence-electron chi connectivity index (χ1n) is 11.6. The fraction of sp³-hybridized carbons (Fsp3) is 0.385. The molecule has 3 aromatic rings. The maximum absolute atomic E-state index is 10.7. The lowest BCUT2D eigenvalue weighted by Crippen LogP contribution is -2.41. The van der Waals surface area contributed by atoms with E-state index in [1.165, 1.54) is 18.2 Å². The van der Waals surface area contributed by atoms with Gasteiger partial charge in [-0.25, -0.2) is 8.42 Å². The molecule has 0 aliphatic rings. The molecule has 0 N–H and O–H groups in total. The van der Waals surface area contributed by atoms with Crippen LogP contribution in [0.1, 0.15) is 42.2 Å². The predicted octanol–water partition coefficient (Wildman–Crippen LogP) is 5.83. The predicted molar refractivity (Wildman–Crippen MR) is 141 cm³/mol. The molecule has 11 heteroatoms. The van der Waals surface area contributed by atoms with Crippen molar-refractivity contribution in [3.8, 4) is 5.75 Å². The monoisotopic (exact) mass is 552 g/mol. The van der Waals surface area contributed by atoms with E-state index in [0.29, 0.717) is 29.3 Å². The van der Waals surface area contributed by atoms with Gasteiger partial charge in [0.15, 0.2) is 5.76 Å². The third-order valence-corrected chi connectivity index (χ3v) is 6.84. The lowest BCUT2D eigenvalue weighted by molar-refractivity contribution is -0.904. The number of nitrogens with zero attached hydrogens (tertiary/aromatic N) is 2. The Morgan fingerprint density at radius 1 is 1.08 bits per heavy atom. The molecule has 0 bridgehead atoms. The summed E-state index contributed by atoms with van der Waals surface area (Å²) in [5, 5.41) is 11.5. The van der Waals surface area contributed by atoms with Crippen molar-refractivity contribution in [1.29, 1.82) is 0 Å². The average Bonchev–Trinajstić information content (AvgIpc) is 3.24. The Morgan fingerprint density at radius 2 is 1.70 bits per heavy atom. The van der Waals surface area contributed by atoms with Gasteiger partial charge in [-0.05, 0) is 61.2 Å². The van der Waals surface area contributed by atoms with E-state index in [1.54, 1.807) is 18.2 Å².